The molecule has 188 valence electrons. The molecule has 2 aliphatic heterocycles. The van der Waals surface area contributed by atoms with E-state index in [1.807, 2.05) is 24.5 Å². The number of nitriles is 1. The van der Waals surface area contributed by atoms with E-state index >= 15 is 0 Å². The molecule has 1 aromatic carbocycles. The molecule has 2 fully saturated rings. The highest BCUT2D eigenvalue weighted by Gasteiger charge is 2.25. The molecule has 0 aliphatic carbocycles. The van der Waals surface area contributed by atoms with E-state index in [0.717, 1.165) is 62.4 Å². The smallest absolute Gasteiger partial charge is 0.239 e. The predicted octanol–water partition coefficient (Wildman–Crippen LogP) is 3.06. The molecule has 0 spiro atoms. The molecule has 0 unspecified atom stereocenters. The van der Waals surface area contributed by atoms with Gasteiger partial charge in [-0.3, -0.25) is 14.6 Å². The van der Waals surface area contributed by atoms with Crippen LogP contribution in [-0.2, 0) is 22.6 Å². The predicted molar refractivity (Wildman–Crippen MR) is 131 cm³/mol. The van der Waals surface area contributed by atoms with Crippen molar-refractivity contribution in [2.24, 2.45) is 0 Å². The first kappa shape index (κ1) is 25.2. The molecule has 4 rings (SSSR count). The number of nitrogens with zero attached hydrogens (tertiary/aromatic N) is 4. The first-order valence-corrected chi connectivity index (χ1v) is 12.2. The van der Waals surface area contributed by atoms with Crippen LogP contribution in [0.1, 0.15) is 35.2 Å². The number of amides is 1. The van der Waals surface area contributed by atoms with Gasteiger partial charge in [0.05, 0.1) is 31.9 Å². The summed E-state index contributed by atoms with van der Waals surface area (Å²) in [5, 5.41) is 12.8. The first-order chi connectivity index (χ1) is 16.9. The minimum absolute atomic E-state index is 0.106. The van der Waals surface area contributed by atoms with Crippen LogP contribution < -0.4 is 10.1 Å². The minimum Gasteiger partial charge on any atom is -0.494 e. The van der Waals surface area contributed by atoms with Crippen LogP contribution in [0.2, 0.25) is 0 Å². The summed E-state index contributed by atoms with van der Waals surface area (Å²) in [6.45, 7) is 9.28. The third-order valence-corrected chi connectivity index (χ3v) is 7.06. The molecule has 1 aromatic heterocycles. The highest BCUT2D eigenvalue weighted by atomic mass is 19.1. The maximum Gasteiger partial charge on any atom is 0.239 e. The second-order valence-electron chi connectivity index (χ2n) is 9.36. The van der Waals surface area contributed by atoms with Gasteiger partial charge in [0.1, 0.15) is 11.9 Å². The standard InChI is InChI=1S/C26H34FN5O3/c1-18-19(2)32(16-21-5-4-12-35-21)26(22(18)14-28)29-25(33)17-31-10-8-30(9-11-31)15-20-6-7-24(34-3)23(27)13-20/h6-7,13,21H,4-5,8-12,15-17H2,1-3H3,(H,29,33)/t21-/m0/s1. The van der Waals surface area contributed by atoms with Gasteiger partial charge in [-0.1, -0.05) is 6.07 Å². The second kappa shape index (κ2) is 11.2. The first-order valence-electron chi connectivity index (χ1n) is 12.2. The van der Waals surface area contributed by atoms with Crippen molar-refractivity contribution in [2.45, 2.75) is 45.9 Å². The highest BCUT2D eigenvalue weighted by Crippen LogP contribution is 2.28. The normalized spacial score (nSPS) is 19.0. The molecule has 35 heavy (non-hydrogen) atoms. The van der Waals surface area contributed by atoms with Gasteiger partial charge in [-0.05, 0) is 49.9 Å². The summed E-state index contributed by atoms with van der Waals surface area (Å²) in [7, 11) is 1.46. The van der Waals surface area contributed by atoms with Gasteiger partial charge in [0.25, 0.3) is 0 Å². The van der Waals surface area contributed by atoms with Crippen molar-refractivity contribution in [1.29, 1.82) is 5.26 Å². The van der Waals surface area contributed by atoms with Crippen molar-refractivity contribution < 1.29 is 18.7 Å². The van der Waals surface area contributed by atoms with E-state index in [0.29, 0.717) is 24.5 Å². The van der Waals surface area contributed by atoms with Crippen molar-refractivity contribution in [2.75, 3.05) is 51.8 Å². The topological polar surface area (TPSA) is 82.8 Å². The molecule has 0 saturated carbocycles. The second-order valence-corrected chi connectivity index (χ2v) is 9.36. The van der Waals surface area contributed by atoms with E-state index in [-0.39, 0.29) is 30.1 Å². The largest absolute Gasteiger partial charge is 0.494 e. The molecule has 1 N–H and O–H groups in total. The number of carbonyl (C=O) groups is 1. The van der Waals surface area contributed by atoms with Crippen molar-refractivity contribution in [3.05, 3.63) is 46.4 Å². The van der Waals surface area contributed by atoms with E-state index in [2.05, 4.69) is 21.2 Å². The van der Waals surface area contributed by atoms with Gasteiger partial charge in [0.2, 0.25) is 5.91 Å². The van der Waals surface area contributed by atoms with E-state index in [1.165, 1.54) is 13.2 Å². The molecule has 0 radical (unpaired) electrons. The maximum atomic E-state index is 14.0. The molecule has 2 aromatic rings. The Morgan fingerprint density at radius 3 is 2.63 bits per heavy atom. The van der Waals surface area contributed by atoms with Crippen molar-refractivity contribution in [3.63, 3.8) is 0 Å². The number of benzene rings is 1. The number of hydrogen-bond acceptors (Lipinski definition) is 6. The summed E-state index contributed by atoms with van der Waals surface area (Å²) in [6.07, 6.45) is 2.13. The summed E-state index contributed by atoms with van der Waals surface area (Å²) in [5.74, 6) is 0.338. The lowest BCUT2D eigenvalue weighted by Crippen LogP contribution is -2.48. The molecule has 0 bridgehead atoms. The Morgan fingerprint density at radius 1 is 1.26 bits per heavy atom. The number of halogens is 1. The Kier molecular flexibility index (Phi) is 8.06. The van der Waals surface area contributed by atoms with E-state index < -0.39 is 0 Å². The zero-order valence-corrected chi connectivity index (χ0v) is 20.8. The monoisotopic (exact) mass is 483 g/mol. The van der Waals surface area contributed by atoms with Gasteiger partial charge < -0.3 is 19.4 Å². The van der Waals surface area contributed by atoms with Gasteiger partial charge in [-0.15, -0.1) is 0 Å². The average molecular weight is 484 g/mol. The zero-order valence-electron chi connectivity index (χ0n) is 20.8. The van der Waals surface area contributed by atoms with Crippen LogP contribution in [0.25, 0.3) is 0 Å². The maximum absolute atomic E-state index is 14.0. The van der Waals surface area contributed by atoms with Gasteiger partial charge in [0.15, 0.2) is 11.6 Å². The summed E-state index contributed by atoms with van der Waals surface area (Å²) in [5.41, 5.74) is 3.29. The fraction of sp³-hybridized carbons (Fsp3) is 0.538. The lowest BCUT2D eigenvalue weighted by molar-refractivity contribution is -0.117. The van der Waals surface area contributed by atoms with E-state index in [4.69, 9.17) is 9.47 Å². The molecular weight excluding hydrogens is 449 g/mol. The van der Waals surface area contributed by atoms with Crippen LogP contribution in [0, 0.1) is 31.0 Å². The fourth-order valence-corrected chi connectivity index (χ4v) is 4.90. The molecule has 1 amide bonds. The Hall–Kier alpha value is -2.93. The van der Waals surface area contributed by atoms with E-state index in [9.17, 15) is 14.4 Å². The van der Waals surface area contributed by atoms with Crippen LogP contribution in [0.5, 0.6) is 5.75 Å². The van der Waals surface area contributed by atoms with Gasteiger partial charge in [-0.25, -0.2) is 4.39 Å². The Morgan fingerprint density at radius 2 is 2.00 bits per heavy atom. The summed E-state index contributed by atoms with van der Waals surface area (Å²) < 4.78 is 26.8. The summed E-state index contributed by atoms with van der Waals surface area (Å²) >= 11 is 0. The Labute approximate surface area is 206 Å². The quantitative estimate of drug-likeness (QED) is 0.622. The van der Waals surface area contributed by atoms with Crippen LogP contribution >= 0.6 is 0 Å². The molecule has 1 atom stereocenters. The fourth-order valence-electron chi connectivity index (χ4n) is 4.90. The van der Waals surface area contributed by atoms with Crippen LogP contribution in [0.4, 0.5) is 10.2 Å². The van der Waals surface area contributed by atoms with Crippen LogP contribution in [-0.4, -0.2) is 72.8 Å². The molecule has 3 heterocycles. The van der Waals surface area contributed by atoms with Crippen LogP contribution in [0.3, 0.4) is 0 Å². The third-order valence-electron chi connectivity index (χ3n) is 7.06. The number of ether oxygens (including phenoxy) is 2. The molecule has 2 aliphatic rings. The van der Waals surface area contributed by atoms with Crippen molar-refractivity contribution in [1.82, 2.24) is 14.4 Å². The average Bonchev–Trinajstić information content (AvgIpc) is 3.43. The Bertz CT molecular complexity index is 1100. The number of piperazine rings is 1. The van der Waals surface area contributed by atoms with Crippen molar-refractivity contribution >= 4 is 11.7 Å². The van der Waals surface area contributed by atoms with E-state index in [1.54, 1.807) is 6.07 Å². The van der Waals surface area contributed by atoms with Gasteiger partial charge in [-0.2, -0.15) is 5.26 Å². The summed E-state index contributed by atoms with van der Waals surface area (Å²) in [4.78, 5) is 17.3. The number of methoxy groups -OCH3 is 1. The minimum atomic E-state index is -0.355. The summed E-state index contributed by atoms with van der Waals surface area (Å²) in [6, 6.07) is 7.31. The number of hydrogen-bond donors (Lipinski definition) is 1. The number of nitrogens with one attached hydrogen (secondary N) is 1. The SMILES string of the molecule is COc1ccc(CN2CCN(CC(=O)Nc3c(C#N)c(C)c(C)n3C[C@@H]3CCCO3)CC2)cc1F. The lowest BCUT2D eigenvalue weighted by Gasteiger charge is -2.34. The van der Waals surface area contributed by atoms with Gasteiger partial charge >= 0.3 is 0 Å². The molecule has 8 nitrogen and oxygen atoms in total. The lowest BCUT2D eigenvalue weighted by atomic mass is 10.1. The number of rotatable bonds is 8. The number of carbonyl (C=O) groups excluding carboxylic acids is 1. The molecule has 2 saturated heterocycles. The number of anilines is 1. The van der Waals surface area contributed by atoms with Gasteiger partial charge in [0, 0.05) is 45.0 Å². The van der Waals surface area contributed by atoms with Crippen molar-refractivity contribution in [3.8, 4) is 11.8 Å². The zero-order chi connectivity index (χ0) is 24.9. The Balaban J connectivity index is 1.33. The van der Waals surface area contributed by atoms with Crippen LogP contribution in [0.15, 0.2) is 18.2 Å². The number of aromatic nitrogens is 1. The molecular formula is C26H34FN5O3. The third kappa shape index (κ3) is 5.84. The highest BCUT2D eigenvalue weighted by molar-refractivity contribution is 5.93. The molecule has 9 heteroatoms.